The highest BCUT2D eigenvalue weighted by atomic mass is 16.5. The van der Waals surface area contributed by atoms with Crippen LogP contribution in [-0.4, -0.2) is 19.2 Å². The average Bonchev–Trinajstić information content (AvgIpc) is 2.28. The van der Waals surface area contributed by atoms with E-state index in [0.717, 1.165) is 25.3 Å². The van der Waals surface area contributed by atoms with Crippen molar-refractivity contribution in [2.24, 2.45) is 0 Å². The van der Waals surface area contributed by atoms with Crippen molar-refractivity contribution in [1.29, 1.82) is 0 Å². The average molecular weight is 137 g/mol. The quantitative estimate of drug-likeness (QED) is 0.533. The molecule has 10 heavy (non-hydrogen) atoms. The van der Waals surface area contributed by atoms with E-state index in [4.69, 9.17) is 4.74 Å². The Kier molecular flexibility index (Phi) is 1.47. The maximum absolute atomic E-state index is 5.38. The number of nitrogens with one attached hydrogen (secondary N) is 1. The summed E-state index contributed by atoms with van der Waals surface area (Å²) in [6, 6.07) is 0.481. The zero-order valence-corrected chi connectivity index (χ0v) is 5.84. The number of ether oxygens (including phenoxy) is 1. The summed E-state index contributed by atoms with van der Waals surface area (Å²) in [4.78, 5) is 0. The molecular formula is C8H11NO. The first-order valence-corrected chi connectivity index (χ1v) is 3.70. The molecule has 0 aromatic heterocycles. The Hall–Kier alpha value is -0.760. The molecule has 0 aromatic rings. The maximum atomic E-state index is 5.38. The Morgan fingerprint density at radius 2 is 2.60 bits per heavy atom. The topological polar surface area (TPSA) is 21.3 Å². The fourth-order valence-corrected chi connectivity index (χ4v) is 1.35. The van der Waals surface area contributed by atoms with Crippen LogP contribution in [0.5, 0.6) is 0 Å². The molecular weight excluding hydrogens is 126 g/mol. The van der Waals surface area contributed by atoms with Gasteiger partial charge in [-0.05, 0) is 6.08 Å². The van der Waals surface area contributed by atoms with E-state index in [2.05, 4.69) is 17.5 Å². The van der Waals surface area contributed by atoms with E-state index in [1.807, 2.05) is 6.08 Å². The van der Waals surface area contributed by atoms with Crippen molar-refractivity contribution in [2.75, 3.05) is 13.2 Å². The summed E-state index contributed by atoms with van der Waals surface area (Å²) in [5.41, 5.74) is 0. The molecule has 2 aliphatic rings. The summed E-state index contributed by atoms with van der Waals surface area (Å²) in [7, 11) is 0. The van der Waals surface area contributed by atoms with Crippen molar-refractivity contribution < 1.29 is 4.74 Å². The molecule has 1 saturated heterocycles. The van der Waals surface area contributed by atoms with Gasteiger partial charge in [-0.3, -0.25) is 0 Å². The summed E-state index contributed by atoms with van der Waals surface area (Å²) < 4.78 is 5.38. The Morgan fingerprint density at radius 1 is 1.60 bits per heavy atom. The van der Waals surface area contributed by atoms with Crippen LogP contribution in [0.4, 0.5) is 0 Å². The van der Waals surface area contributed by atoms with Gasteiger partial charge >= 0.3 is 0 Å². The molecule has 0 saturated carbocycles. The zero-order chi connectivity index (χ0) is 6.81. The van der Waals surface area contributed by atoms with E-state index >= 15 is 0 Å². The van der Waals surface area contributed by atoms with Crippen molar-refractivity contribution in [3.63, 3.8) is 0 Å². The fourth-order valence-electron chi connectivity index (χ4n) is 1.35. The Morgan fingerprint density at radius 3 is 3.60 bits per heavy atom. The smallest absolute Gasteiger partial charge is 0.113 e. The van der Waals surface area contributed by atoms with E-state index in [0.29, 0.717) is 6.04 Å². The highest BCUT2D eigenvalue weighted by molar-refractivity contribution is 5.18. The molecule has 1 atom stereocenters. The Labute approximate surface area is 60.6 Å². The Bertz CT molecular complexity index is 184. The van der Waals surface area contributed by atoms with Crippen LogP contribution < -0.4 is 5.32 Å². The first-order valence-electron chi connectivity index (χ1n) is 3.70. The van der Waals surface area contributed by atoms with Gasteiger partial charge in [-0.15, -0.1) is 0 Å². The number of hydrogen-bond acceptors (Lipinski definition) is 2. The SMILES string of the molecule is C1=CCNC2CCOC2=C1. The lowest BCUT2D eigenvalue weighted by atomic mass is 10.2. The van der Waals surface area contributed by atoms with Gasteiger partial charge in [-0.25, -0.2) is 0 Å². The minimum Gasteiger partial charge on any atom is -0.496 e. The molecule has 0 amide bonds. The normalized spacial score (nSPS) is 30.4. The van der Waals surface area contributed by atoms with Gasteiger partial charge in [0.25, 0.3) is 0 Å². The van der Waals surface area contributed by atoms with E-state index < -0.39 is 0 Å². The van der Waals surface area contributed by atoms with Gasteiger partial charge in [0.2, 0.25) is 0 Å². The highest BCUT2D eigenvalue weighted by Crippen LogP contribution is 2.18. The van der Waals surface area contributed by atoms with Crippen LogP contribution in [0.2, 0.25) is 0 Å². The van der Waals surface area contributed by atoms with Gasteiger partial charge in [0.1, 0.15) is 5.76 Å². The molecule has 1 unspecified atom stereocenters. The third-order valence-electron chi connectivity index (χ3n) is 1.90. The lowest BCUT2D eigenvalue weighted by Crippen LogP contribution is -2.26. The third kappa shape index (κ3) is 0.948. The van der Waals surface area contributed by atoms with Crippen molar-refractivity contribution in [3.8, 4) is 0 Å². The molecule has 0 radical (unpaired) electrons. The van der Waals surface area contributed by atoms with Crippen LogP contribution in [0.15, 0.2) is 24.0 Å². The molecule has 2 heteroatoms. The minimum absolute atomic E-state index is 0.481. The molecule has 1 N–H and O–H groups in total. The standard InChI is InChI=1S/C8H11NO/c1-2-5-9-7-4-6-10-8(7)3-1/h1-3,7,9H,4-6H2. The predicted octanol–water partition coefficient (Wildman–Crippen LogP) is 0.819. The van der Waals surface area contributed by atoms with E-state index in [9.17, 15) is 0 Å². The minimum atomic E-state index is 0.481. The van der Waals surface area contributed by atoms with Crippen LogP contribution in [0.3, 0.4) is 0 Å². The summed E-state index contributed by atoms with van der Waals surface area (Å²) in [6.45, 7) is 1.84. The molecule has 1 fully saturated rings. The number of rotatable bonds is 0. The summed E-state index contributed by atoms with van der Waals surface area (Å²) in [6.07, 6.45) is 7.33. The van der Waals surface area contributed by atoms with E-state index in [-0.39, 0.29) is 0 Å². The molecule has 0 aromatic carbocycles. The van der Waals surface area contributed by atoms with Crippen LogP contribution in [0, 0.1) is 0 Å². The summed E-state index contributed by atoms with van der Waals surface area (Å²) >= 11 is 0. The molecule has 54 valence electrons. The lowest BCUT2D eigenvalue weighted by molar-refractivity contribution is 0.261. The van der Waals surface area contributed by atoms with Gasteiger partial charge in [0.05, 0.1) is 12.6 Å². The second-order valence-electron chi connectivity index (χ2n) is 2.60. The Balaban J connectivity index is 2.18. The summed E-state index contributed by atoms with van der Waals surface area (Å²) in [5.74, 6) is 1.11. The molecule has 0 aliphatic carbocycles. The molecule has 2 rings (SSSR count). The first kappa shape index (κ1) is 5.98. The van der Waals surface area contributed by atoms with Gasteiger partial charge in [0.15, 0.2) is 0 Å². The zero-order valence-electron chi connectivity index (χ0n) is 5.84. The molecule has 2 nitrogen and oxygen atoms in total. The molecule has 0 spiro atoms. The van der Waals surface area contributed by atoms with Gasteiger partial charge in [0, 0.05) is 13.0 Å². The molecule has 2 heterocycles. The number of hydrogen-bond donors (Lipinski definition) is 1. The highest BCUT2D eigenvalue weighted by Gasteiger charge is 2.21. The monoisotopic (exact) mass is 137 g/mol. The van der Waals surface area contributed by atoms with Gasteiger partial charge in [-0.1, -0.05) is 12.2 Å². The van der Waals surface area contributed by atoms with Crippen LogP contribution >= 0.6 is 0 Å². The predicted molar refractivity (Wildman–Crippen MR) is 39.6 cm³/mol. The number of allylic oxidation sites excluding steroid dienone is 2. The van der Waals surface area contributed by atoms with Gasteiger partial charge in [-0.2, -0.15) is 0 Å². The van der Waals surface area contributed by atoms with Crippen molar-refractivity contribution in [2.45, 2.75) is 12.5 Å². The fraction of sp³-hybridized carbons (Fsp3) is 0.500. The van der Waals surface area contributed by atoms with Crippen LogP contribution in [-0.2, 0) is 4.74 Å². The van der Waals surface area contributed by atoms with Crippen molar-refractivity contribution in [1.82, 2.24) is 5.32 Å². The largest absolute Gasteiger partial charge is 0.496 e. The summed E-state index contributed by atoms with van der Waals surface area (Å²) in [5, 5.41) is 3.36. The molecule has 2 aliphatic heterocycles. The van der Waals surface area contributed by atoms with Gasteiger partial charge < -0.3 is 10.1 Å². The van der Waals surface area contributed by atoms with Crippen LogP contribution in [0.1, 0.15) is 6.42 Å². The van der Waals surface area contributed by atoms with Crippen molar-refractivity contribution in [3.05, 3.63) is 24.0 Å². The van der Waals surface area contributed by atoms with Crippen LogP contribution in [0.25, 0.3) is 0 Å². The lowest BCUT2D eigenvalue weighted by Gasteiger charge is -2.07. The second-order valence-corrected chi connectivity index (χ2v) is 2.60. The number of fused-ring (bicyclic) bond motifs is 1. The third-order valence-corrected chi connectivity index (χ3v) is 1.90. The molecule has 0 bridgehead atoms. The van der Waals surface area contributed by atoms with E-state index in [1.165, 1.54) is 0 Å². The van der Waals surface area contributed by atoms with E-state index in [1.54, 1.807) is 0 Å². The van der Waals surface area contributed by atoms with Crippen molar-refractivity contribution >= 4 is 0 Å². The second kappa shape index (κ2) is 2.46. The first-order chi connectivity index (χ1) is 4.97. The maximum Gasteiger partial charge on any atom is 0.113 e.